The summed E-state index contributed by atoms with van der Waals surface area (Å²) in [5, 5.41) is 6.90. The summed E-state index contributed by atoms with van der Waals surface area (Å²) in [6, 6.07) is 6.04. The molecule has 2 aromatic rings. The highest BCUT2D eigenvalue weighted by molar-refractivity contribution is 7.71. The highest BCUT2D eigenvalue weighted by Crippen LogP contribution is 2.15. The Morgan fingerprint density at radius 1 is 1.44 bits per heavy atom. The molecule has 1 aromatic carbocycles. The zero-order valence-corrected chi connectivity index (χ0v) is 11.1. The fourth-order valence-corrected chi connectivity index (χ4v) is 2.00. The van der Waals surface area contributed by atoms with E-state index in [0.29, 0.717) is 11.2 Å². The van der Waals surface area contributed by atoms with Crippen molar-refractivity contribution in [3.8, 4) is 0 Å². The summed E-state index contributed by atoms with van der Waals surface area (Å²) in [5.74, 6) is 0. The summed E-state index contributed by atoms with van der Waals surface area (Å²) in [6.45, 7) is 0.610. The topological polar surface area (TPSA) is 61.1 Å². The van der Waals surface area contributed by atoms with Gasteiger partial charge < -0.3 is 9.64 Å². The van der Waals surface area contributed by atoms with Gasteiger partial charge in [0.1, 0.15) is 4.64 Å². The fourth-order valence-electron chi connectivity index (χ4n) is 1.78. The number of nitrogens with zero attached hydrogens (tertiary/aromatic N) is 1. The van der Waals surface area contributed by atoms with Crippen LogP contribution in [-0.2, 0) is 11.2 Å². The quantitative estimate of drug-likeness (QED) is 0.838. The number of amides is 1. The highest BCUT2D eigenvalue weighted by atomic mass is 32.1. The molecule has 0 saturated carbocycles. The molecule has 0 aliphatic rings. The molecule has 1 amide bonds. The second-order valence-electron chi connectivity index (χ2n) is 4.10. The summed E-state index contributed by atoms with van der Waals surface area (Å²) in [5.41, 5.74) is 2.13. The van der Waals surface area contributed by atoms with Crippen molar-refractivity contribution in [2.24, 2.45) is 0 Å². The van der Waals surface area contributed by atoms with E-state index < -0.39 is 0 Å². The largest absolute Gasteiger partial charge is 0.453 e. The summed E-state index contributed by atoms with van der Waals surface area (Å²) >= 11 is 5.17. The van der Waals surface area contributed by atoms with Gasteiger partial charge in [-0.15, -0.1) is 0 Å². The zero-order valence-electron chi connectivity index (χ0n) is 10.3. The molecule has 0 bridgehead atoms. The molecule has 0 atom stereocenters. The Hall–Kier alpha value is -1.82. The van der Waals surface area contributed by atoms with E-state index in [9.17, 15) is 4.79 Å². The number of ether oxygens (including phenoxy) is 1. The minimum atomic E-state index is -0.324. The lowest BCUT2D eigenvalue weighted by molar-refractivity contribution is 0.134. The molecule has 0 aliphatic carbocycles. The molecule has 0 fully saturated rings. The van der Waals surface area contributed by atoms with Crippen molar-refractivity contribution in [3.05, 3.63) is 28.4 Å². The third-order valence-electron chi connectivity index (χ3n) is 2.86. The van der Waals surface area contributed by atoms with E-state index in [1.165, 1.54) is 7.11 Å². The number of fused-ring (bicyclic) bond motifs is 1. The summed E-state index contributed by atoms with van der Waals surface area (Å²) < 4.78 is 5.34. The minimum absolute atomic E-state index is 0.324. The summed E-state index contributed by atoms with van der Waals surface area (Å²) in [4.78, 5) is 12.8. The van der Waals surface area contributed by atoms with Crippen LogP contribution in [-0.4, -0.2) is 41.9 Å². The number of likely N-dealkylation sites (N-methyl/N-ethyl adjacent to an activating group) is 1. The average Bonchev–Trinajstić information content (AvgIpc) is 2.76. The number of carbonyl (C=O) groups excluding carboxylic acids is 1. The highest BCUT2D eigenvalue weighted by Gasteiger charge is 2.08. The molecular formula is C12H15N3O2S. The first-order chi connectivity index (χ1) is 8.61. The molecule has 1 aromatic heterocycles. The van der Waals surface area contributed by atoms with E-state index in [0.717, 1.165) is 22.9 Å². The number of aromatic amines is 2. The van der Waals surface area contributed by atoms with Gasteiger partial charge in [0.15, 0.2) is 0 Å². The van der Waals surface area contributed by atoms with Gasteiger partial charge >= 0.3 is 6.09 Å². The van der Waals surface area contributed by atoms with Crippen LogP contribution in [0.2, 0.25) is 0 Å². The van der Waals surface area contributed by atoms with Gasteiger partial charge in [-0.05, 0) is 24.1 Å². The molecule has 0 unspecified atom stereocenters. The van der Waals surface area contributed by atoms with Gasteiger partial charge in [-0.3, -0.25) is 10.2 Å². The van der Waals surface area contributed by atoms with Crippen LogP contribution in [0.15, 0.2) is 18.2 Å². The second kappa shape index (κ2) is 5.22. The van der Waals surface area contributed by atoms with E-state index in [2.05, 4.69) is 14.9 Å². The van der Waals surface area contributed by atoms with Crippen LogP contribution in [0.4, 0.5) is 4.79 Å². The maximum Gasteiger partial charge on any atom is 0.409 e. The van der Waals surface area contributed by atoms with Gasteiger partial charge in [-0.1, -0.05) is 18.3 Å². The normalized spacial score (nSPS) is 10.6. The monoisotopic (exact) mass is 265 g/mol. The van der Waals surface area contributed by atoms with Crippen LogP contribution in [0, 0.1) is 4.64 Å². The van der Waals surface area contributed by atoms with Crippen LogP contribution in [0.1, 0.15) is 5.56 Å². The molecular weight excluding hydrogens is 250 g/mol. The number of benzene rings is 1. The Morgan fingerprint density at radius 2 is 2.22 bits per heavy atom. The smallest absolute Gasteiger partial charge is 0.409 e. The first-order valence-corrected chi connectivity index (χ1v) is 6.01. The van der Waals surface area contributed by atoms with E-state index in [-0.39, 0.29) is 6.09 Å². The molecule has 0 spiro atoms. The van der Waals surface area contributed by atoms with Crippen molar-refractivity contribution in [2.45, 2.75) is 6.42 Å². The van der Waals surface area contributed by atoms with E-state index >= 15 is 0 Å². The molecule has 96 valence electrons. The fraction of sp³-hybridized carbons (Fsp3) is 0.333. The SMILES string of the molecule is COC(=O)N(C)CCc1ccc2[nH][nH]c(=S)c2c1. The number of nitrogens with one attached hydrogen (secondary N) is 2. The van der Waals surface area contributed by atoms with Gasteiger partial charge in [-0.25, -0.2) is 4.79 Å². The second-order valence-corrected chi connectivity index (χ2v) is 4.51. The number of methoxy groups -OCH3 is 1. The number of H-pyrrole nitrogens is 2. The van der Waals surface area contributed by atoms with E-state index in [1.54, 1.807) is 11.9 Å². The van der Waals surface area contributed by atoms with Gasteiger partial charge in [0.05, 0.1) is 12.6 Å². The minimum Gasteiger partial charge on any atom is -0.453 e. The summed E-state index contributed by atoms with van der Waals surface area (Å²) in [6.07, 6.45) is 0.441. The standard InChI is InChI=1S/C12H15N3O2S/c1-15(12(16)17-2)6-5-8-3-4-10-9(7-8)11(18)14-13-10/h3-4,7H,5-6H2,1-2H3,(H2,13,14,18). The maximum atomic E-state index is 11.2. The maximum absolute atomic E-state index is 11.2. The molecule has 2 rings (SSSR count). The van der Waals surface area contributed by atoms with Crippen LogP contribution >= 0.6 is 12.2 Å². The van der Waals surface area contributed by atoms with Crippen LogP contribution in [0.3, 0.4) is 0 Å². The lowest BCUT2D eigenvalue weighted by Gasteiger charge is -2.15. The molecule has 6 heteroatoms. The molecule has 18 heavy (non-hydrogen) atoms. The van der Waals surface area contributed by atoms with Crippen molar-refractivity contribution in [3.63, 3.8) is 0 Å². The predicted octanol–water partition coefficient (Wildman–Crippen LogP) is 2.47. The van der Waals surface area contributed by atoms with Gasteiger partial charge in [0.2, 0.25) is 0 Å². The summed E-state index contributed by atoms with van der Waals surface area (Å²) in [7, 11) is 3.09. The first kappa shape index (κ1) is 12.6. The molecule has 0 saturated heterocycles. The number of hydrogen-bond acceptors (Lipinski definition) is 3. The average molecular weight is 265 g/mol. The van der Waals surface area contributed by atoms with E-state index in [4.69, 9.17) is 12.2 Å². The van der Waals surface area contributed by atoms with Crippen molar-refractivity contribution < 1.29 is 9.53 Å². The number of hydrogen-bond donors (Lipinski definition) is 2. The van der Waals surface area contributed by atoms with Crippen LogP contribution in [0.25, 0.3) is 10.9 Å². The molecule has 0 aliphatic heterocycles. The Bertz CT molecular complexity index is 617. The van der Waals surface area contributed by atoms with Gasteiger partial charge in [0.25, 0.3) is 0 Å². The molecule has 5 nitrogen and oxygen atoms in total. The van der Waals surface area contributed by atoms with Crippen LogP contribution < -0.4 is 0 Å². The Kier molecular flexibility index (Phi) is 3.66. The van der Waals surface area contributed by atoms with Gasteiger partial charge in [-0.2, -0.15) is 0 Å². The number of aromatic nitrogens is 2. The van der Waals surface area contributed by atoms with Crippen molar-refractivity contribution >= 4 is 29.2 Å². The zero-order chi connectivity index (χ0) is 13.1. The third kappa shape index (κ3) is 2.53. The molecule has 2 N–H and O–H groups in total. The lowest BCUT2D eigenvalue weighted by Crippen LogP contribution is -2.28. The predicted molar refractivity (Wildman–Crippen MR) is 72.2 cm³/mol. The first-order valence-electron chi connectivity index (χ1n) is 5.60. The Labute approximate surface area is 110 Å². The Balaban J connectivity index is 2.10. The third-order valence-corrected chi connectivity index (χ3v) is 3.18. The van der Waals surface area contributed by atoms with Crippen LogP contribution in [0.5, 0.6) is 0 Å². The molecule has 0 radical (unpaired) electrons. The Morgan fingerprint density at radius 3 is 2.94 bits per heavy atom. The van der Waals surface area contributed by atoms with E-state index in [1.807, 2.05) is 18.2 Å². The number of rotatable bonds is 3. The van der Waals surface area contributed by atoms with Gasteiger partial charge in [0, 0.05) is 19.0 Å². The van der Waals surface area contributed by atoms with Crippen molar-refractivity contribution in [2.75, 3.05) is 20.7 Å². The molecule has 1 heterocycles. The van der Waals surface area contributed by atoms with Crippen molar-refractivity contribution in [1.82, 2.24) is 15.1 Å². The van der Waals surface area contributed by atoms with Crippen molar-refractivity contribution in [1.29, 1.82) is 0 Å². The lowest BCUT2D eigenvalue weighted by atomic mass is 10.1. The number of carbonyl (C=O) groups is 1.